The average Bonchev–Trinajstić information content (AvgIpc) is 2.40. The zero-order valence-electron chi connectivity index (χ0n) is 11.9. The minimum atomic E-state index is -1.69. The lowest BCUT2D eigenvalue weighted by molar-refractivity contribution is -0.342. The Morgan fingerprint density at radius 3 is 2.15 bits per heavy atom. The topological polar surface area (TPSA) is 114 Å². The molecule has 3 saturated heterocycles. The van der Waals surface area contributed by atoms with Gasteiger partial charge in [0.15, 0.2) is 10.8 Å². The van der Waals surface area contributed by atoms with Crippen molar-refractivity contribution in [1.82, 2.24) is 0 Å². The molecule has 4 unspecified atom stereocenters. The molecule has 3 fully saturated rings. The average molecular weight is 272 g/mol. The first-order valence-electron chi connectivity index (χ1n) is 6.45. The molecule has 0 amide bonds. The van der Waals surface area contributed by atoms with E-state index in [0.29, 0.717) is 0 Å². The Balaban J connectivity index is 2.83. The first kappa shape index (κ1) is 14.3. The fourth-order valence-electron chi connectivity index (χ4n) is 3.34. The summed E-state index contributed by atoms with van der Waals surface area (Å²) < 4.78 is 11.3. The van der Waals surface area contributed by atoms with Crippen LogP contribution in [0.1, 0.15) is 27.7 Å². The van der Waals surface area contributed by atoms with Crippen LogP contribution in [0.4, 0.5) is 0 Å². The number of nitriles is 3. The van der Waals surface area contributed by atoms with Crippen LogP contribution in [0.15, 0.2) is 0 Å². The van der Waals surface area contributed by atoms with E-state index < -0.39 is 28.6 Å². The summed E-state index contributed by atoms with van der Waals surface area (Å²) in [5.41, 5.74) is -3.35. The Hall–Kier alpha value is -2.10. The van der Waals surface area contributed by atoms with Crippen LogP contribution in [0, 0.1) is 62.1 Å². The summed E-state index contributed by atoms with van der Waals surface area (Å²) in [6.45, 7) is 6.95. The molecule has 0 saturated carbocycles. The van der Waals surface area contributed by atoms with E-state index in [1.807, 2.05) is 32.1 Å². The molecule has 2 bridgehead atoms. The molecule has 4 atom stereocenters. The van der Waals surface area contributed by atoms with Gasteiger partial charge < -0.3 is 9.47 Å². The zero-order valence-corrected chi connectivity index (χ0v) is 11.9. The summed E-state index contributed by atoms with van der Waals surface area (Å²) in [4.78, 5) is 0. The van der Waals surface area contributed by atoms with Crippen molar-refractivity contribution < 1.29 is 9.47 Å². The Morgan fingerprint density at radius 1 is 1.20 bits per heavy atom. The van der Waals surface area contributed by atoms with Gasteiger partial charge in [-0.25, -0.2) is 0 Å². The number of nitrogens with one attached hydrogen (secondary N) is 1. The van der Waals surface area contributed by atoms with Crippen LogP contribution in [0.5, 0.6) is 0 Å². The molecule has 0 spiro atoms. The molecule has 3 aliphatic heterocycles. The molecule has 6 heteroatoms. The number of hydrogen-bond acceptors (Lipinski definition) is 6. The van der Waals surface area contributed by atoms with Crippen LogP contribution in [-0.4, -0.2) is 17.8 Å². The highest BCUT2D eigenvalue weighted by atomic mass is 16.7. The van der Waals surface area contributed by atoms with E-state index in [1.165, 1.54) is 0 Å². The standard InChI is InChI=1S/C14H16N4O2/c1-8(2)10-14(7-17)11(18)20-12(4,19-10)9(3)13(14,5-15)6-16/h8-10,18H,1-4H3. The Kier molecular flexibility index (Phi) is 2.82. The molecule has 3 heterocycles. The van der Waals surface area contributed by atoms with Gasteiger partial charge >= 0.3 is 0 Å². The highest BCUT2D eigenvalue weighted by molar-refractivity contribution is 5.88. The van der Waals surface area contributed by atoms with Crippen molar-refractivity contribution in [1.29, 1.82) is 21.2 Å². The first-order chi connectivity index (χ1) is 9.25. The van der Waals surface area contributed by atoms with Crippen molar-refractivity contribution in [2.24, 2.45) is 22.7 Å². The first-order valence-corrected chi connectivity index (χ1v) is 6.45. The maximum absolute atomic E-state index is 9.70. The van der Waals surface area contributed by atoms with Gasteiger partial charge in [-0.15, -0.1) is 0 Å². The molecule has 3 aliphatic rings. The zero-order chi connectivity index (χ0) is 15.3. The predicted octanol–water partition coefficient (Wildman–Crippen LogP) is 1.94. The van der Waals surface area contributed by atoms with E-state index in [1.54, 1.807) is 13.8 Å². The molecule has 0 aromatic rings. The second kappa shape index (κ2) is 3.95. The van der Waals surface area contributed by atoms with Crippen molar-refractivity contribution in [3.05, 3.63) is 0 Å². The molecular formula is C14H16N4O2. The molecule has 20 heavy (non-hydrogen) atoms. The number of hydrogen-bond donors (Lipinski definition) is 1. The van der Waals surface area contributed by atoms with Crippen LogP contribution in [0.2, 0.25) is 0 Å². The van der Waals surface area contributed by atoms with E-state index >= 15 is 0 Å². The van der Waals surface area contributed by atoms with Crippen LogP contribution in [0.25, 0.3) is 0 Å². The number of rotatable bonds is 1. The molecule has 6 nitrogen and oxygen atoms in total. The smallest absolute Gasteiger partial charge is 0.214 e. The third kappa shape index (κ3) is 1.22. The highest BCUT2D eigenvalue weighted by Gasteiger charge is 2.77. The minimum absolute atomic E-state index is 0.133. The lowest BCUT2D eigenvalue weighted by atomic mass is 9.50. The maximum Gasteiger partial charge on any atom is 0.214 e. The van der Waals surface area contributed by atoms with Gasteiger partial charge in [0.2, 0.25) is 11.7 Å². The highest BCUT2D eigenvalue weighted by Crippen LogP contribution is 2.62. The normalized spacial score (nSPS) is 41.4. The molecular weight excluding hydrogens is 256 g/mol. The largest absolute Gasteiger partial charge is 0.448 e. The quantitative estimate of drug-likeness (QED) is 0.783. The molecule has 0 aliphatic carbocycles. The lowest BCUT2D eigenvalue weighted by Gasteiger charge is -2.61. The summed E-state index contributed by atoms with van der Waals surface area (Å²) in [5.74, 6) is -2.36. The summed E-state index contributed by atoms with van der Waals surface area (Å²) in [5, 5.41) is 37.1. The van der Waals surface area contributed by atoms with Gasteiger partial charge in [0.25, 0.3) is 0 Å². The van der Waals surface area contributed by atoms with Crippen LogP contribution < -0.4 is 0 Å². The van der Waals surface area contributed by atoms with E-state index in [4.69, 9.17) is 14.9 Å². The number of nitrogens with zero attached hydrogens (tertiary/aromatic N) is 3. The van der Waals surface area contributed by atoms with Gasteiger partial charge in [-0.2, -0.15) is 15.8 Å². The molecule has 0 aromatic heterocycles. The molecule has 1 N–H and O–H groups in total. The fraction of sp³-hybridized carbons (Fsp3) is 0.714. The van der Waals surface area contributed by atoms with Crippen LogP contribution in [0.3, 0.4) is 0 Å². The lowest BCUT2D eigenvalue weighted by Crippen LogP contribution is -2.74. The molecule has 0 aromatic carbocycles. The predicted molar refractivity (Wildman–Crippen MR) is 67.8 cm³/mol. The monoisotopic (exact) mass is 272 g/mol. The van der Waals surface area contributed by atoms with E-state index in [-0.39, 0.29) is 11.8 Å². The van der Waals surface area contributed by atoms with Gasteiger partial charge in [-0.1, -0.05) is 20.8 Å². The number of ether oxygens (including phenoxy) is 2. The molecule has 0 radical (unpaired) electrons. The van der Waals surface area contributed by atoms with Crippen molar-refractivity contribution in [2.45, 2.75) is 39.6 Å². The van der Waals surface area contributed by atoms with Gasteiger partial charge in [0.1, 0.15) is 0 Å². The number of fused-ring (bicyclic) bond motifs is 3. The van der Waals surface area contributed by atoms with Gasteiger partial charge in [0.05, 0.1) is 30.2 Å². The third-order valence-electron chi connectivity index (χ3n) is 4.64. The van der Waals surface area contributed by atoms with Crippen LogP contribution >= 0.6 is 0 Å². The van der Waals surface area contributed by atoms with Gasteiger partial charge in [0, 0.05) is 6.92 Å². The van der Waals surface area contributed by atoms with Crippen LogP contribution in [-0.2, 0) is 9.47 Å². The Bertz CT molecular complexity index is 580. The van der Waals surface area contributed by atoms with E-state index in [2.05, 4.69) is 0 Å². The third-order valence-corrected chi connectivity index (χ3v) is 4.64. The van der Waals surface area contributed by atoms with Crippen molar-refractivity contribution >= 4 is 5.90 Å². The fourth-order valence-corrected chi connectivity index (χ4v) is 3.34. The Morgan fingerprint density at radius 2 is 1.75 bits per heavy atom. The minimum Gasteiger partial charge on any atom is -0.448 e. The summed E-state index contributed by atoms with van der Waals surface area (Å²) >= 11 is 0. The summed E-state index contributed by atoms with van der Waals surface area (Å²) in [6, 6.07) is 6.00. The van der Waals surface area contributed by atoms with Gasteiger partial charge in [-0.05, 0) is 5.92 Å². The second-order valence-corrected chi connectivity index (χ2v) is 5.90. The Labute approximate surface area is 118 Å². The molecule has 104 valence electrons. The van der Waals surface area contributed by atoms with Gasteiger partial charge in [-0.3, -0.25) is 5.41 Å². The van der Waals surface area contributed by atoms with Crippen molar-refractivity contribution in [2.75, 3.05) is 0 Å². The SMILES string of the molecule is CC(C)C1OC2(C)OC(=N)C1(C#N)C(C#N)(C#N)C2C. The summed E-state index contributed by atoms with van der Waals surface area (Å²) in [7, 11) is 0. The van der Waals surface area contributed by atoms with E-state index in [0.717, 1.165) is 0 Å². The van der Waals surface area contributed by atoms with Crippen molar-refractivity contribution in [3.63, 3.8) is 0 Å². The van der Waals surface area contributed by atoms with Crippen molar-refractivity contribution in [3.8, 4) is 18.2 Å². The maximum atomic E-state index is 9.70. The molecule has 3 rings (SSSR count). The second-order valence-electron chi connectivity index (χ2n) is 5.90. The van der Waals surface area contributed by atoms with E-state index in [9.17, 15) is 15.8 Å². The summed E-state index contributed by atoms with van der Waals surface area (Å²) in [6.07, 6.45) is -0.728.